The summed E-state index contributed by atoms with van der Waals surface area (Å²) in [4.78, 5) is 3.99. The highest BCUT2D eigenvalue weighted by Gasteiger charge is 2.11. The van der Waals surface area contributed by atoms with E-state index in [0.717, 1.165) is 0 Å². The number of aromatic nitrogens is 2. The lowest BCUT2D eigenvalue weighted by molar-refractivity contribution is 0.0794. The Morgan fingerprint density at radius 1 is 1.54 bits per heavy atom. The Bertz CT molecular complexity index is 265. The average Bonchev–Trinajstić information content (AvgIpc) is 2.33. The monoisotopic (exact) mass is 185 g/mol. The topological polar surface area (TPSA) is 74.2 Å². The van der Waals surface area contributed by atoms with Crippen LogP contribution in [0.25, 0.3) is 0 Å². The van der Waals surface area contributed by atoms with Crippen molar-refractivity contribution in [2.45, 2.75) is 32.9 Å². The summed E-state index contributed by atoms with van der Waals surface area (Å²) in [7, 11) is 0. The number of nitrogens with two attached hydrogens (primary N) is 1. The number of nitrogens with zero attached hydrogens (tertiary/aromatic N) is 2. The van der Waals surface area contributed by atoms with Gasteiger partial charge < -0.3 is 15.0 Å². The van der Waals surface area contributed by atoms with Crippen molar-refractivity contribution in [3.8, 4) is 0 Å². The van der Waals surface area contributed by atoms with Gasteiger partial charge in [0.1, 0.15) is 6.61 Å². The molecule has 5 nitrogen and oxygen atoms in total. The summed E-state index contributed by atoms with van der Waals surface area (Å²) in [6.07, 6.45) is 0. The molecule has 1 heterocycles. The molecular formula is C8H15N3O2. The highest BCUT2D eigenvalue weighted by molar-refractivity contribution is 4.81. The van der Waals surface area contributed by atoms with E-state index in [4.69, 9.17) is 15.0 Å². The highest BCUT2D eigenvalue weighted by Crippen LogP contribution is 2.01. The largest absolute Gasteiger partial charge is 0.371 e. The van der Waals surface area contributed by atoms with Crippen molar-refractivity contribution in [2.75, 3.05) is 6.61 Å². The van der Waals surface area contributed by atoms with Crippen LogP contribution >= 0.6 is 0 Å². The Morgan fingerprint density at radius 3 is 2.69 bits per heavy atom. The van der Waals surface area contributed by atoms with Gasteiger partial charge in [0.05, 0.1) is 6.61 Å². The van der Waals surface area contributed by atoms with Crippen LogP contribution < -0.4 is 5.73 Å². The van der Waals surface area contributed by atoms with Crippen LogP contribution in [-0.2, 0) is 11.3 Å². The lowest BCUT2D eigenvalue weighted by Gasteiger charge is -2.17. The minimum Gasteiger partial charge on any atom is -0.371 e. The van der Waals surface area contributed by atoms with Crippen LogP contribution in [-0.4, -0.2) is 22.3 Å². The van der Waals surface area contributed by atoms with E-state index in [1.807, 2.05) is 13.8 Å². The van der Waals surface area contributed by atoms with Crippen molar-refractivity contribution in [3.05, 3.63) is 11.7 Å². The van der Waals surface area contributed by atoms with E-state index in [2.05, 4.69) is 10.1 Å². The van der Waals surface area contributed by atoms with Crippen LogP contribution in [0.15, 0.2) is 4.52 Å². The lowest BCUT2D eigenvalue weighted by Crippen LogP contribution is -2.37. The van der Waals surface area contributed by atoms with Crippen LogP contribution in [0.2, 0.25) is 0 Å². The summed E-state index contributed by atoms with van der Waals surface area (Å²) < 4.78 is 10.1. The van der Waals surface area contributed by atoms with E-state index in [1.54, 1.807) is 6.92 Å². The first kappa shape index (κ1) is 10.1. The Hall–Kier alpha value is -0.940. The minimum atomic E-state index is -0.321. The molecule has 1 aromatic heterocycles. The van der Waals surface area contributed by atoms with Gasteiger partial charge in [0.2, 0.25) is 5.89 Å². The molecule has 0 amide bonds. The first-order valence-corrected chi connectivity index (χ1v) is 4.13. The molecule has 0 saturated heterocycles. The molecule has 0 aliphatic rings. The number of hydrogen-bond donors (Lipinski definition) is 1. The highest BCUT2D eigenvalue weighted by atomic mass is 16.5. The summed E-state index contributed by atoms with van der Waals surface area (Å²) in [5.41, 5.74) is 5.39. The molecule has 13 heavy (non-hydrogen) atoms. The third-order valence-corrected chi connectivity index (χ3v) is 1.27. The van der Waals surface area contributed by atoms with Gasteiger partial charge in [0.25, 0.3) is 0 Å². The molecule has 1 aromatic rings. The van der Waals surface area contributed by atoms with Gasteiger partial charge in [-0.1, -0.05) is 5.16 Å². The number of rotatable bonds is 4. The van der Waals surface area contributed by atoms with Crippen molar-refractivity contribution in [1.29, 1.82) is 0 Å². The molecule has 0 bridgehead atoms. The molecule has 0 aliphatic heterocycles. The predicted octanol–water partition coefficient (Wildman–Crippen LogP) is 0.632. The smallest absolute Gasteiger partial charge is 0.223 e. The van der Waals surface area contributed by atoms with Gasteiger partial charge in [-0.15, -0.1) is 0 Å². The van der Waals surface area contributed by atoms with Gasteiger partial charge in [-0.2, -0.15) is 4.98 Å². The minimum absolute atomic E-state index is 0.321. The zero-order chi connectivity index (χ0) is 9.90. The van der Waals surface area contributed by atoms with E-state index >= 15 is 0 Å². The second kappa shape index (κ2) is 3.85. The fourth-order valence-corrected chi connectivity index (χ4v) is 0.805. The van der Waals surface area contributed by atoms with E-state index < -0.39 is 0 Å². The second-order valence-electron chi connectivity index (χ2n) is 3.71. The maximum atomic E-state index is 5.72. The molecule has 0 atom stereocenters. The molecule has 5 heteroatoms. The van der Waals surface area contributed by atoms with Crippen molar-refractivity contribution in [2.24, 2.45) is 5.73 Å². The third-order valence-electron chi connectivity index (χ3n) is 1.27. The lowest BCUT2D eigenvalue weighted by atomic mass is 10.1. The van der Waals surface area contributed by atoms with Crippen molar-refractivity contribution in [3.63, 3.8) is 0 Å². The average molecular weight is 185 g/mol. The standard InChI is InChI=1S/C8H15N3O2/c1-6-10-7(11-13-6)4-12-5-8(2,3)9/h4-5,9H2,1-3H3. The zero-order valence-electron chi connectivity index (χ0n) is 8.20. The molecule has 0 aromatic carbocycles. The van der Waals surface area contributed by atoms with Gasteiger partial charge >= 0.3 is 0 Å². The Morgan fingerprint density at radius 2 is 2.23 bits per heavy atom. The molecule has 1 rings (SSSR count). The van der Waals surface area contributed by atoms with Gasteiger partial charge in [-0.3, -0.25) is 0 Å². The summed E-state index contributed by atoms with van der Waals surface area (Å²) in [5, 5.41) is 3.68. The summed E-state index contributed by atoms with van der Waals surface area (Å²) >= 11 is 0. The predicted molar refractivity (Wildman–Crippen MR) is 47.0 cm³/mol. The fraction of sp³-hybridized carbons (Fsp3) is 0.750. The van der Waals surface area contributed by atoms with Gasteiger partial charge in [-0.25, -0.2) is 0 Å². The molecule has 0 unspecified atom stereocenters. The maximum absolute atomic E-state index is 5.72. The van der Waals surface area contributed by atoms with E-state index in [9.17, 15) is 0 Å². The number of aryl methyl sites for hydroxylation is 1. The molecule has 0 fully saturated rings. The number of hydrogen-bond acceptors (Lipinski definition) is 5. The molecule has 0 spiro atoms. The normalized spacial score (nSPS) is 12.0. The number of ether oxygens (including phenoxy) is 1. The molecule has 2 N–H and O–H groups in total. The van der Waals surface area contributed by atoms with Gasteiger partial charge in [0, 0.05) is 12.5 Å². The Kier molecular flexibility index (Phi) is 3.00. The quantitative estimate of drug-likeness (QED) is 0.744. The van der Waals surface area contributed by atoms with Crippen LogP contribution in [0.1, 0.15) is 25.6 Å². The van der Waals surface area contributed by atoms with Gasteiger partial charge in [-0.05, 0) is 13.8 Å². The Labute approximate surface area is 77.3 Å². The Balaban J connectivity index is 2.28. The molecular weight excluding hydrogens is 170 g/mol. The van der Waals surface area contributed by atoms with Crippen LogP contribution in [0.3, 0.4) is 0 Å². The van der Waals surface area contributed by atoms with Gasteiger partial charge in [0.15, 0.2) is 5.82 Å². The van der Waals surface area contributed by atoms with E-state index in [-0.39, 0.29) is 5.54 Å². The fourth-order valence-electron chi connectivity index (χ4n) is 0.805. The van der Waals surface area contributed by atoms with Crippen molar-refractivity contribution in [1.82, 2.24) is 10.1 Å². The van der Waals surface area contributed by atoms with Crippen LogP contribution in [0, 0.1) is 6.92 Å². The van der Waals surface area contributed by atoms with E-state index in [1.165, 1.54) is 0 Å². The summed E-state index contributed by atoms with van der Waals surface area (Å²) in [5.74, 6) is 1.10. The SMILES string of the molecule is Cc1nc(COCC(C)(C)N)no1. The molecule has 0 aliphatic carbocycles. The van der Waals surface area contributed by atoms with Crippen molar-refractivity contribution < 1.29 is 9.26 Å². The second-order valence-corrected chi connectivity index (χ2v) is 3.71. The van der Waals surface area contributed by atoms with E-state index in [0.29, 0.717) is 24.9 Å². The summed E-state index contributed by atoms with van der Waals surface area (Å²) in [6.45, 7) is 6.35. The molecule has 0 radical (unpaired) electrons. The third kappa shape index (κ3) is 4.00. The first-order valence-electron chi connectivity index (χ1n) is 4.13. The molecule has 74 valence electrons. The molecule has 0 saturated carbocycles. The summed E-state index contributed by atoms with van der Waals surface area (Å²) in [6, 6.07) is 0. The first-order chi connectivity index (χ1) is 5.97. The van der Waals surface area contributed by atoms with Crippen LogP contribution in [0.4, 0.5) is 0 Å². The van der Waals surface area contributed by atoms with Crippen molar-refractivity contribution >= 4 is 0 Å². The van der Waals surface area contributed by atoms with Crippen LogP contribution in [0.5, 0.6) is 0 Å². The zero-order valence-corrected chi connectivity index (χ0v) is 8.20. The maximum Gasteiger partial charge on any atom is 0.223 e.